The molecule has 0 aliphatic carbocycles. The van der Waals surface area contributed by atoms with Crippen molar-refractivity contribution < 1.29 is 5.11 Å². The SMILES string of the molecule is CCCCCc1cc2ccccc2c(I)c1O. The number of hydrogen-bond donors (Lipinski definition) is 1. The molecule has 2 rings (SSSR count). The van der Waals surface area contributed by atoms with Crippen LogP contribution in [0.1, 0.15) is 31.7 Å². The molecule has 90 valence electrons. The van der Waals surface area contributed by atoms with Crippen LogP contribution in [0.3, 0.4) is 0 Å². The number of phenolic OH excluding ortho intramolecular Hbond substituents is 1. The molecule has 0 heterocycles. The van der Waals surface area contributed by atoms with E-state index in [9.17, 15) is 5.11 Å². The maximum Gasteiger partial charge on any atom is 0.132 e. The van der Waals surface area contributed by atoms with Crippen molar-refractivity contribution in [2.75, 3.05) is 0 Å². The van der Waals surface area contributed by atoms with Crippen molar-refractivity contribution in [3.05, 3.63) is 39.5 Å². The number of phenols is 1. The van der Waals surface area contributed by atoms with Gasteiger partial charge in [-0.2, -0.15) is 0 Å². The summed E-state index contributed by atoms with van der Waals surface area (Å²) >= 11 is 2.24. The number of aromatic hydroxyl groups is 1. The van der Waals surface area contributed by atoms with Crippen molar-refractivity contribution in [2.24, 2.45) is 0 Å². The Kier molecular flexibility index (Phi) is 4.26. The number of halogens is 1. The number of benzene rings is 2. The van der Waals surface area contributed by atoms with Crippen LogP contribution in [0.5, 0.6) is 5.75 Å². The number of rotatable bonds is 4. The normalized spacial score (nSPS) is 10.9. The van der Waals surface area contributed by atoms with Crippen LogP contribution in [-0.4, -0.2) is 5.11 Å². The Morgan fingerprint density at radius 3 is 2.71 bits per heavy atom. The summed E-state index contributed by atoms with van der Waals surface area (Å²) in [6, 6.07) is 10.4. The van der Waals surface area contributed by atoms with Gasteiger partial charge in [0, 0.05) is 0 Å². The van der Waals surface area contributed by atoms with Crippen LogP contribution in [0.2, 0.25) is 0 Å². The quantitative estimate of drug-likeness (QED) is 0.621. The Hall–Kier alpha value is -0.770. The second-order valence-electron chi connectivity index (χ2n) is 4.38. The van der Waals surface area contributed by atoms with E-state index in [1.165, 1.54) is 18.2 Å². The summed E-state index contributed by atoms with van der Waals surface area (Å²) in [7, 11) is 0. The molecule has 2 aromatic carbocycles. The highest BCUT2D eigenvalue weighted by Crippen LogP contribution is 2.33. The Morgan fingerprint density at radius 2 is 1.94 bits per heavy atom. The number of hydrogen-bond acceptors (Lipinski definition) is 1. The third-order valence-corrected chi connectivity index (χ3v) is 4.18. The summed E-state index contributed by atoms with van der Waals surface area (Å²) in [5.41, 5.74) is 1.08. The minimum Gasteiger partial charge on any atom is -0.507 e. The molecule has 0 bridgehead atoms. The van der Waals surface area contributed by atoms with Gasteiger partial charge >= 0.3 is 0 Å². The van der Waals surface area contributed by atoms with Gasteiger partial charge in [-0.15, -0.1) is 0 Å². The Balaban J connectivity index is 2.39. The zero-order valence-corrected chi connectivity index (χ0v) is 12.2. The maximum atomic E-state index is 10.2. The zero-order valence-electron chi connectivity index (χ0n) is 10.0. The lowest BCUT2D eigenvalue weighted by atomic mass is 10.0. The second-order valence-corrected chi connectivity index (χ2v) is 5.46. The molecule has 0 aliphatic rings. The van der Waals surface area contributed by atoms with Crippen molar-refractivity contribution in [3.63, 3.8) is 0 Å². The average molecular weight is 340 g/mol. The molecule has 1 nitrogen and oxygen atoms in total. The van der Waals surface area contributed by atoms with Crippen LogP contribution in [0.15, 0.2) is 30.3 Å². The van der Waals surface area contributed by atoms with E-state index in [0.717, 1.165) is 27.4 Å². The van der Waals surface area contributed by atoms with Gasteiger partial charge in [-0.25, -0.2) is 0 Å². The first-order chi connectivity index (χ1) is 8.24. The van der Waals surface area contributed by atoms with Crippen LogP contribution in [0.4, 0.5) is 0 Å². The largest absolute Gasteiger partial charge is 0.507 e. The van der Waals surface area contributed by atoms with Crippen LogP contribution in [0.25, 0.3) is 10.8 Å². The van der Waals surface area contributed by atoms with Gasteiger partial charge in [0.05, 0.1) is 3.57 Å². The molecular formula is C15H17IO. The van der Waals surface area contributed by atoms with Gasteiger partial charge in [-0.3, -0.25) is 0 Å². The predicted octanol–water partition coefficient (Wildman–Crippen LogP) is 4.88. The maximum absolute atomic E-state index is 10.2. The first-order valence-corrected chi connectivity index (χ1v) is 7.21. The van der Waals surface area contributed by atoms with E-state index in [-0.39, 0.29) is 0 Å². The van der Waals surface area contributed by atoms with E-state index in [2.05, 4.69) is 47.7 Å². The van der Waals surface area contributed by atoms with E-state index in [0.29, 0.717) is 5.75 Å². The molecule has 0 fully saturated rings. The molecule has 0 spiro atoms. The zero-order chi connectivity index (χ0) is 12.3. The minimum atomic E-state index is 0.473. The Morgan fingerprint density at radius 1 is 1.18 bits per heavy atom. The summed E-state index contributed by atoms with van der Waals surface area (Å²) in [5.74, 6) is 0.473. The molecule has 0 saturated carbocycles. The standard InChI is InChI=1S/C15H17IO/c1-2-3-4-8-12-10-11-7-5-6-9-13(11)14(16)15(12)17/h5-7,9-10,17H,2-4,8H2,1H3. The van der Waals surface area contributed by atoms with Crippen molar-refractivity contribution in [1.82, 2.24) is 0 Å². The van der Waals surface area contributed by atoms with Crippen molar-refractivity contribution in [2.45, 2.75) is 32.6 Å². The third-order valence-electron chi connectivity index (χ3n) is 3.09. The van der Waals surface area contributed by atoms with E-state index in [4.69, 9.17) is 0 Å². The molecule has 2 aromatic rings. The van der Waals surface area contributed by atoms with Gasteiger partial charge in [-0.1, -0.05) is 44.0 Å². The van der Waals surface area contributed by atoms with E-state index < -0.39 is 0 Å². The highest BCUT2D eigenvalue weighted by molar-refractivity contribution is 14.1. The molecule has 0 aromatic heterocycles. The van der Waals surface area contributed by atoms with Crippen LogP contribution < -0.4 is 0 Å². The lowest BCUT2D eigenvalue weighted by Crippen LogP contribution is -1.90. The molecular weight excluding hydrogens is 323 g/mol. The Bertz CT molecular complexity index is 520. The van der Waals surface area contributed by atoms with Gasteiger partial charge in [0.1, 0.15) is 5.75 Å². The summed E-state index contributed by atoms with van der Waals surface area (Å²) in [6.07, 6.45) is 4.56. The molecule has 2 heteroatoms. The first-order valence-electron chi connectivity index (χ1n) is 6.13. The topological polar surface area (TPSA) is 20.2 Å². The van der Waals surface area contributed by atoms with Crippen molar-refractivity contribution >= 4 is 33.4 Å². The number of fused-ring (bicyclic) bond motifs is 1. The van der Waals surface area contributed by atoms with E-state index in [1.54, 1.807) is 0 Å². The molecule has 0 amide bonds. The fourth-order valence-corrected chi connectivity index (χ4v) is 2.94. The van der Waals surface area contributed by atoms with Gasteiger partial charge < -0.3 is 5.11 Å². The molecule has 0 radical (unpaired) electrons. The molecule has 0 unspecified atom stereocenters. The molecule has 0 atom stereocenters. The smallest absolute Gasteiger partial charge is 0.132 e. The number of aryl methyl sites for hydroxylation is 1. The second kappa shape index (κ2) is 5.71. The minimum absolute atomic E-state index is 0.473. The number of unbranched alkanes of at least 4 members (excludes halogenated alkanes) is 2. The highest BCUT2D eigenvalue weighted by Gasteiger charge is 2.09. The summed E-state index contributed by atoms with van der Waals surface area (Å²) in [4.78, 5) is 0. The van der Waals surface area contributed by atoms with Gasteiger partial charge in [0.2, 0.25) is 0 Å². The molecule has 1 N–H and O–H groups in total. The summed E-state index contributed by atoms with van der Waals surface area (Å²) < 4.78 is 0.979. The van der Waals surface area contributed by atoms with Crippen LogP contribution in [-0.2, 0) is 6.42 Å². The summed E-state index contributed by atoms with van der Waals surface area (Å²) in [5, 5.41) is 12.6. The third kappa shape index (κ3) is 2.73. The van der Waals surface area contributed by atoms with Gasteiger partial charge in [-0.05, 0) is 57.8 Å². The average Bonchev–Trinajstić information content (AvgIpc) is 2.35. The lowest BCUT2D eigenvalue weighted by Gasteiger charge is -2.09. The van der Waals surface area contributed by atoms with Gasteiger partial charge in [0.15, 0.2) is 0 Å². The van der Waals surface area contributed by atoms with Gasteiger partial charge in [0.25, 0.3) is 0 Å². The fourth-order valence-electron chi connectivity index (χ4n) is 2.10. The molecule has 0 aliphatic heterocycles. The predicted molar refractivity (Wildman–Crippen MR) is 81.6 cm³/mol. The fraction of sp³-hybridized carbons (Fsp3) is 0.333. The molecule has 17 heavy (non-hydrogen) atoms. The molecule has 0 saturated heterocycles. The summed E-state index contributed by atoms with van der Waals surface area (Å²) in [6.45, 7) is 2.20. The first kappa shape index (κ1) is 12.7. The van der Waals surface area contributed by atoms with Crippen molar-refractivity contribution in [1.29, 1.82) is 0 Å². The van der Waals surface area contributed by atoms with Crippen molar-refractivity contribution in [3.8, 4) is 5.75 Å². The van der Waals surface area contributed by atoms with Crippen LogP contribution >= 0.6 is 22.6 Å². The van der Waals surface area contributed by atoms with E-state index in [1.807, 2.05) is 12.1 Å². The lowest BCUT2D eigenvalue weighted by molar-refractivity contribution is 0.464. The van der Waals surface area contributed by atoms with E-state index >= 15 is 0 Å². The van der Waals surface area contributed by atoms with Crippen LogP contribution in [0, 0.1) is 3.57 Å². The highest BCUT2D eigenvalue weighted by atomic mass is 127. The Labute approximate surface area is 116 Å². The monoisotopic (exact) mass is 340 g/mol.